The zero-order valence-electron chi connectivity index (χ0n) is 10.2. The topological polar surface area (TPSA) is 70.0 Å². The number of halogens is 3. The lowest BCUT2D eigenvalue weighted by molar-refractivity contribution is 0.309. The van der Waals surface area contributed by atoms with Crippen molar-refractivity contribution in [2.75, 3.05) is 13.1 Å². The van der Waals surface area contributed by atoms with Gasteiger partial charge in [-0.25, -0.2) is 21.6 Å². The van der Waals surface area contributed by atoms with E-state index in [1.54, 1.807) is 0 Å². The molecule has 110 valence electrons. The van der Waals surface area contributed by atoms with Gasteiger partial charge in [0.2, 0.25) is 10.0 Å². The monoisotopic (exact) mass is 308 g/mol. The number of hydrogen-bond acceptors (Lipinski definition) is 4. The molecule has 1 aliphatic rings. The predicted octanol–water partition coefficient (Wildman–Crippen LogP) is 1.72. The van der Waals surface area contributed by atoms with Gasteiger partial charge >= 0.3 is 0 Å². The first-order chi connectivity index (χ1) is 9.36. The Hall–Kier alpha value is -1.61. The minimum Gasteiger partial charge on any atom is -0.411 e. The van der Waals surface area contributed by atoms with E-state index in [4.69, 9.17) is 5.21 Å². The summed E-state index contributed by atoms with van der Waals surface area (Å²) < 4.78 is 65.1. The Morgan fingerprint density at radius 1 is 1.10 bits per heavy atom. The van der Waals surface area contributed by atoms with Crippen LogP contribution < -0.4 is 0 Å². The molecule has 0 bridgehead atoms. The molecule has 9 heteroatoms. The molecule has 5 nitrogen and oxygen atoms in total. The Morgan fingerprint density at radius 2 is 1.60 bits per heavy atom. The smallest absolute Gasteiger partial charge is 0.248 e. The average Bonchev–Trinajstić information content (AvgIpc) is 2.37. The molecular weight excluding hydrogens is 297 g/mol. The maximum atomic E-state index is 13.6. The van der Waals surface area contributed by atoms with Gasteiger partial charge in [0.25, 0.3) is 0 Å². The molecule has 1 heterocycles. The molecular formula is C11H11F3N2O3S. The summed E-state index contributed by atoms with van der Waals surface area (Å²) in [5.74, 6) is -4.12. The second-order valence-electron chi connectivity index (χ2n) is 4.27. The van der Waals surface area contributed by atoms with Crippen LogP contribution in [-0.2, 0) is 10.0 Å². The summed E-state index contributed by atoms with van der Waals surface area (Å²) in [6.45, 7) is -0.115. The molecule has 0 spiro atoms. The van der Waals surface area contributed by atoms with E-state index in [1.807, 2.05) is 0 Å². The lowest BCUT2D eigenvalue weighted by Gasteiger charge is -2.26. The minimum absolute atomic E-state index is 0.0576. The third-order valence-corrected chi connectivity index (χ3v) is 4.95. The number of rotatable bonds is 2. The molecule has 1 aliphatic heterocycles. The van der Waals surface area contributed by atoms with Crippen molar-refractivity contribution in [2.45, 2.75) is 17.7 Å². The quantitative estimate of drug-likeness (QED) is 0.668. The number of hydrogen-bond donors (Lipinski definition) is 1. The largest absolute Gasteiger partial charge is 0.411 e. The Bertz CT molecular complexity index is 628. The first-order valence-corrected chi connectivity index (χ1v) is 7.14. The van der Waals surface area contributed by atoms with Crippen LogP contribution in [0.1, 0.15) is 12.8 Å². The van der Waals surface area contributed by atoms with Crippen LogP contribution in [0.4, 0.5) is 13.2 Å². The molecule has 1 N–H and O–H groups in total. The Kier molecular flexibility index (Phi) is 4.00. The van der Waals surface area contributed by atoms with Crippen molar-refractivity contribution in [3.05, 3.63) is 29.6 Å². The van der Waals surface area contributed by atoms with Crippen molar-refractivity contribution in [3.8, 4) is 0 Å². The van der Waals surface area contributed by atoms with E-state index >= 15 is 0 Å². The molecule has 0 unspecified atom stereocenters. The van der Waals surface area contributed by atoms with Gasteiger partial charge in [0.15, 0.2) is 4.90 Å². The van der Waals surface area contributed by atoms with E-state index < -0.39 is 32.4 Å². The van der Waals surface area contributed by atoms with Gasteiger partial charge < -0.3 is 5.21 Å². The summed E-state index contributed by atoms with van der Waals surface area (Å²) in [5, 5.41) is 11.6. The second-order valence-corrected chi connectivity index (χ2v) is 6.14. The molecule has 1 aromatic carbocycles. The lowest BCUT2D eigenvalue weighted by Crippen LogP contribution is -2.39. The lowest BCUT2D eigenvalue weighted by atomic mass is 10.1. The highest BCUT2D eigenvalue weighted by atomic mass is 32.2. The van der Waals surface area contributed by atoms with Gasteiger partial charge in [0.1, 0.15) is 17.5 Å². The normalized spacial score (nSPS) is 17.2. The van der Waals surface area contributed by atoms with Crippen molar-refractivity contribution < 1.29 is 26.8 Å². The van der Waals surface area contributed by atoms with Crippen LogP contribution in [0.5, 0.6) is 0 Å². The highest BCUT2D eigenvalue weighted by Crippen LogP contribution is 2.25. The molecule has 0 aliphatic carbocycles. The van der Waals surface area contributed by atoms with Crippen LogP contribution in [0.25, 0.3) is 0 Å². The van der Waals surface area contributed by atoms with Crippen LogP contribution in [0.3, 0.4) is 0 Å². The van der Waals surface area contributed by atoms with E-state index in [2.05, 4.69) is 5.16 Å². The molecule has 20 heavy (non-hydrogen) atoms. The maximum Gasteiger partial charge on any atom is 0.248 e. The van der Waals surface area contributed by atoms with Gasteiger partial charge in [-0.3, -0.25) is 0 Å². The van der Waals surface area contributed by atoms with E-state index in [9.17, 15) is 21.6 Å². The molecule has 1 saturated heterocycles. The fourth-order valence-electron chi connectivity index (χ4n) is 1.99. The third kappa shape index (κ3) is 2.63. The standard InChI is InChI=1S/C11H11F3N2O3S/c12-7-5-9(13)11(10(14)6-7)20(18,19)16-3-1-8(15-17)2-4-16/h5-6,17H,1-4H2. The number of sulfonamides is 1. The average molecular weight is 308 g/mol. The van der Waals surface area contributed by atoms with E-state index in [0.717, 1.165) is 4.31 Å². The number of oxime groups is 1. The van der Waals surface area contributed by atoms with Crippen molar-refractivity contribution >= 4 is 15.7 Å². The van der Waals surface area contributed by atoms with Gasteiger partial charge in [-0.05, 0) is 0 Å². The van der Waals surface area contributed by atoms with E-state index in [-0.39, 0.29) is 25.9 Å². The fourth-order valence-corrected chi connectivity index (χ4v) is 3.52. The highest BCUT2D eigenvalue weighted by Gasteiger charge is 2.33. The minimum atomic E-state index is -4.39. The zero-order valence-corrected chi connectivity index (χ0v) is 11.0. The summed E-state index contributed by atoms with van der Waals surface area (Å²) in [5.41, 5.74) is 0.413. The summed E-state index contributed by atoms with van der Waals surface area (Å²) >= 11 is 0. The molecule has 0 saturated carbocycles. The number of nitrogens with zero attached hydrogens (tertiary/aromatic N) is 2. The van der Waals surface area contributed by atoms with Crippen LogP contribution in [0.15, 0.2) is 22.2 Å². The van der Waals surface area contributed by atoms with Crippen molar-refractivity contribution in [3.63, 3.8) is 0 Å². The first-order valence-electron chi connectivity index (χ1n) is 5.70. The van der Waals surface area contributed by atoms with Crippen LogP contribution in [0.2, 0.25) is 0 Å². The molecule has 1 fully saturated rings. The van der Waals surface area contributed by atoms with Gasteiger partial charge in [0, 0.05) is 38.1 Å². The van der Waals surface area contributed by atoms with Gasteiger partial charge in [-0.15, -0.1) is 0 Å². The molecule has 0 aromatic heterocycles. The Labute approximate surface area is 113 Å². The molecule has 2 rings (SSSR count). The van der Waals surface area contributed by atoms with Gasteiger partial charge in [-0.1, -0.05) is 5.16 Å². The Balaban J connectivity index is 2.37. The van der Waals surface area contributed by atoms with Crippen molar-refractivity contribution in [1.82, 2.24) is 4.31 Å². The summed E-state index contributed by atoms with van der Waals surface area (Å²) in [4.78, 5) is -1.16. The molecule has 1 aromatic rings. The summed E-state index contributed by atoms with van der Waals surface area (Å²) in [6.07, 6.45) is 0.334. The van der Waals surface area contributed by atoms with Crippen molar-refractivity contribution in [2.24, 2.45) is 5.16 Å². The van der Waals surface area contributed by atoms with Crippen molar-refractivity contribution in [1.29, 1.82) is 0 Å². The molecule has 0 amide bonds. The third-order valence-electron chi connectivity index (χ3n) is 3.00. The SMILES string of the molecule is O=S(=O)(c1c(F)cc(F)cc1F)N1CCC(=NO)CC1. The molecule has 0 radical (unpaired) electrons. The summed E-state index contributed by atoms with van der Waals surface area (Å²) in [6, 6.07) is 0.640. The van der Waals surface area contributed by atoms with Crippen LogP contribution >= 0.6 is 0 Å². The van der Waals surface area contributed by atoms with Crippen LogP contribution in [0, 0.1) is 17.5 Å². The van der Waals surface area contributed by atoms with E-state index in [1.165, 1.54) is 0 Å². The Morgan fingerprint density at radius 3 is 2.05 bits per heavy atom. The van der Waals surface area contributed by atoms with Crippen LogP contribution in [-0.4, -0.2) is 36.7 Å². The fraction of sp³-hybridized carbons (Fsp3) is 0.364. The number of benzene rings is 1. The van der Waals surface area contributed by atoms with E-state index in [0.29, 0.717) is 17.8 Å². The second kappa shape index (κ2) is 5.41. The number of piperidine rings is 1. The predicted molar refractivity (Wildman–Crippen MR) is 63.5 cm³/mol. The van der Waals surface area contributed by atoms with Gasteiger partial charge in [-0.2, -0.15) is 4.31 Å². The highest BCUT2D eigenvalue weighted by molar-refractivity contribution is 7.89. The first kappa shape index (κ1) is 14.8. The van der Waals surface area contributed by atoms with Gasteiger partial charge in [0.05, 0.1) is 5.71 Å². The maximum absolute atomic E-state index is 13.6. The summed E-state index contributed by atoms with van der Waals surface area (Å²) in [7, 11) is -4.39. The molecule has 0 atom stereocenters. The zero-order chi connectivity index (χ0) is 14.9.